The topological polar surface area (TPSA) is 104 Å². The molecule has 0 atom stereocenters. The summed E-state index contributed by atoms with van der Waals surface area (Å²) in [7, 11) is 1.48. The number of aromatic nitrogens is 2. The molecule has 0 unspecified atom stereocenters. The van der Waals surface area contributed by atoms with Gasteiger partial charge in [0.2, 0.25) is 0 Å². The van der Waals surface area contributed by atoms with Crippen LogP contribution < -0.4 is 10.1 Å². The van der Waals surface area contributed by atoms with Crippen molar-refractivity contribution in [1.82, 2.24) is 14.5 Å². The van der Waals surface area contributed by atoms with Crippen LogP contribution >= 0.6 is 12.2 Å². The largest absolute Gasteiger partial charge is 0.494 e. The second-order valence-corrected chi connectivity index (χ2v) is 8.01. The number of methoxy groups -OCH3 is 1. The standard InChI is InChI=1S/C22H31N5O5S/c1-3-31-14-15-32-13-12-25-11-8-23-21(25)17-6-9-26(10-7-17)22(33)24-19-5-4-18(27(28)29)16-20(19)30-2/h4-5,8,11,16-17H,3,6-7,9-10,12-15H2,1-2H3,(H,24,33). The molecule has 0 aliphatic carbocycles. The second kappa shape index (κ2) is 12.5. The molecule has 0 amide bonds. The number of nitro benzene ring substituents is 1. The molecule has 2 heterocycles. The lowest BCUT2D eigenvalue weighted by molar-refractivity contribution is -0.384. The summed E-state index contributed by atoms with van der Waals surface area (Å²) in [5.41, 5.74) is 0.578. The zero-order valence-corrected chi connectivity index (χ0v) is 19.9. The number of nitro groups is 1. The molecule has 0 spiro atoms. The molecule has 1 saturated heterocycles. The number of piperidine rings is 1. The molecule has 1 N–H and O–H groups in total. The summed E-state index contributed by atoms with van der Waals surface area (Å²) < 4.78 is 18.4. The minimum atomic E-state index is -0.452. The predicted octanol–water partition coefficient (Wildman–Crippen LogP) is 3.43. The van der Waals surface area contributed by atoms with Gasteiger partial charge in [-0.2, -0.15) is 0 Å². The predicted molar refractivity (Wildman–Crippen MR) is 129 cm³/mol. The Labute approximate surface area is 199 Å². The highest BCUT2D eigenvalue weighted by molar-refractivity contribution is 7.80. The molecule has 1 aliphatic rings. The van der Waals surface area contributed by atoms with Gasteiger partial charge in [0.25, 0.3) is 5.69 Å². The van der Waals surface area contributed by atoms with Crippen LogP contribution in [0.25, 0.3) is 0 Å². The third kappa shape index (κ3) is 6.86. The third-order valence-electron chi connectivity index (χ3n) is 5.59. The van der Waals surface area contributed by atoms with Gasteiger partial charge in [-0.25, -0.2) is 4.98 Å². The van der Waals surface area contributed by atoms with E-state index < -0.39 is 4.92 Å². The lowest BCUT2D eigenvalue weighted by atomic mass is 9.96. The Bertz CT molecular complexity index is 930. The molecule has 2 aromatic rings. The molecule has 1 aliphatic heterocycles. The maximum Gasteiger partial charge on any atom is 0.273 e. The summed E-state index contributed by atoms with van der Waals surface area (Å²) in [6.45, 7) is 6.87. The summed E-state index contributed by atoms with van der Waals surface area (Å²) in [6.07, 6.45) is 5.71. The first kappa shape index (κ1) is 24.9. The van der Waals surface area contributed by atoms with E-state index in [1.54, 1.807) is 6.07 Å². The van der Waals surface area contributed by atoms with Crippen LogP contribution in [-0.4, -0.2) is 71.1 Å². The monoisotopic (exact) mass is 477 g/mol. The molecule has 1 fully saturated rings. The number of anilines is 1. The van der Waals surface area contributed by atoms with Crippen molar-refractivity contribution in [2.75, 3.05) is 51.9 Å². The summed E-state index contributed by atoms with van der Waals surface area (Å²) in [6, 6.07) is 4.43. The summed E-state index contributed by atoms with van der Waals surface area (Å²) in [4.78, 5) is 17.2. The van der Waals surface area contributed by atoms with E-state index in [2.05, 4.69) is 19.8 Å². The van der Waals surface area contributed by atoms with Crippen molar-refractivity contribution in [3.8, 4) is 5.75 Å². The lowest BCUT2D eigenvalue weighted by Crippen LogP contribution is -2.40. The van der Waals surface area contributed by atoms with E-state index in [4.69, 9.17) is 26.4 Å². The Morgan fingerprint density at radius 2 is 2.03 bits per heavy atom. The van der Waals surface area contributed by atoms with Gasteiger partial charge in [-0.1, -0.05) is 0 Å². The van der Waals surface area contributed by atoms with Crippen LogP contribution in [0.2, 0.25) is 0 Å². The normalized spacial score (nSPS) is 14.3. The highest BCUT2D eigenvalue weighted by Gasteiger charge is 2.25. The van der Waals surface area contributed by atoms with Crippen LogP contribution in [0.4, 0.5) is 11.4 Å². The fourth-order valence-electron chi connectivity index (χ4n) is 3.83. The van der Waals surface area contributed by atoms with Gasteiger partial charge in [0.1, 0.15) is 11.6 Å². The van der Waals surface area contributed by atoms with E-state index in [1.807, 2.05) is 19.3 Å². The van der Waals surface area contributed by atoms with Gasteiger partial charge in [-0.15, -0.1) is 0 Å². The van der Waals surface area contributed by atoms with E-state index in [1.165, 1.54) is 19.2 Å². The van der Waals surface area contributed by atoms with Crippen LogP contribution in [0.1, 0.15) is 31.5 Å². The number of benzene rings is 1. The number of likely N-dealkylation sites (tertiary alicyclic amines) is 1. The number of non-ortho nitro benzene ring substituents is 1. The summed E-state index contributed by atoms with van der Waals surface area (Å²) >= 11 is 5.59. The molecule has 1 aromatic heterocycles. The summed E-state index contributed by atoms with van der Waals surface area (Å²) in [5, 5.41) is 14.7. The fourth-order valence-corrected chi connectivity index (χ4v) is 4.12. The first-order valence-electron chi connectivity index (χ1n) is 11.1. The van der Waals surface area contributed by atoms with E-state index in [0.29, 0.717) is 48.9 Å². The second-order valence-electron chi connectivity index (χ2n) is 7.62. The van der Waals surface area contributed by atoms with Gasteiger partial charge < -0.3 is 29.0 Å². The fraction of sp³-hybridized carbons (Fsp3) is 0.545. The molecule has 0 radical (unpaired) electrons. The molecule has 11 heteroatoms. The SMILES string of the molecule is CCOCCOCCn1ccnc1C1CCN(C(=S)Nc2ccc([N+](=O)[O-])cc2OC)CC1. The summed E-state index contributed by atoms with van der Waals surface area (Å²) in [5.74, 6) is 1.82. The molecule has 0 bridgehead atoms. The van der Waals surface area contributed by atoms with Gasteiger partial charge in [0.15, 0.2) is 5.11 Å². The van der Waals surface area contributed by atoms with Gasteiger partial charge in [-0.05, 0) is 38.0 Å². The minimum absolute atomic E-state index is 0.0284. The Balaban J connectivity index is 1.50. The number of nitrogens with zero attached hydrogens (tertiary/aromatic N) is 4. The highest BCUT2D eigenvalue weighted by Crippen LogP contribution is 2.31. The van der Waals surface area contributed by atoms with E-state index >= 15 is 0 Å². The molecule has 1 aromatic carbocycles. The smallest absolute Gasteiger partial charge is 0.273 e. The molecule has 3 rings (SSSR count). The first-order valence-corrected chi connectivity index (χ1v) is 11.5. The van der Waals surface area contributed by atoms with Crippen molar-refractivity contribution in [2.45, 2.75) is 32.2 Å². The average molecular weight is 478 g/mol. The Morgan fingerprint density at radius 1 is 1.27 bits per heavy atom. The van der Waals surface area contributed by atoms with E-state index in [0.717, 1.165) is 38.3 Å². The Hall–Kier alpha value is -2.76. The molecule has 180 valence electrons. The first-order chi connectivity index (χ1) is 16.0. The number of hydrogen-bond acceptors (Lipinski definition) is 7. The van der Waals surface area contributed by atoms with Crippen LogP contribution in [-0.2, 0) is 16.0 Å². The molecule has 33 heavy (non-hydrogen) atoms. The maximum absolute atomic E-state index is 11.0. The van der Waals surface area contributed by atoms with Gasteiger partial charge in [0.05, 0.1) is 43.6 Å². The van der Waals surface area contributed by atoms with Crippen molar-refractivity contribution < 1.29 is 19.1 Å². The number of thiocarbonyl (C=S) groups is 1. The maximum atomic E-state index is 11.0. The van der Waals surface area contributed by atoms with Crippen molar-refractivity contribution in [3.05, 3.63) is 46.5 Å². The van der Waals surface area contributed by atoms with Crippen LogP contribution in [0.15, 0.2) is 30.6 Å². The van der Waals surface area contributed by atoms with Crippen LogP contribution in [0.3, 0.4) is 0 Å². The molecular weight excluding hydrogens is 446 g/mol. The number of ether oxygens (including phenoxy) is 3. The van der Waals surface area contributed by atoms with Crippen molar-refractivity contribution in [3.63, 3.8) is 0 Å². The van der Waals surface area contributed by atoms with Crippen molar-refractivity contribution in [1.29, 1.82) is 0 Å². The minimum Gasteiger partial charge on any atom is -0.494 e. The number of rotatable bonds is 11. The zero-order valence-electron chi connectivity index (χ0n) is 19.1. The molecular formula is C22H31N5O5S. The quantitative estimate of drug-likeness (QED) is 0.226. The van der Waals surface area contributed by atoms with Gasteiger partial charge in [-0.3, -0.25) is 10.1 Å². The van der Waals surface area contributed by atoms with Crippen molar-refractivity contribution >= 4 is 28.7 Å². The van der Waals surface area contributed by atoms with Crippen LogP contribution in [0, 0.1) is 10.1 Å². The highest BCUT2D eigenvalue weighted by atomic mass is 32.1. The lowest BCUT2D eigenvalue weighted by Gasteiger charge is -2.34. The third-order valence-corrected chi connectivity index (χ3v) is 5.95. The average Bonchev–Trinajstić information content (AvgIpc) is 3.30. The van der Waals surface area contributed by atoms with E-state index in [-0.39, 0.29) is 5.69 Å². The van der Waals surface area contributed by atoms with Gasteiger partial charge in [0, 0.05) is 50.6 Å². The number of imidazole rings is 1. The van der Waals surface area contributed by atoms with Gasteiger partial charge >= 0.3 is 0 Å². The molecule has 0 saturated carbocycles. The molecule has 10 nitrogen and oxygen atoms in total. The Morgan fingerprint density at radius 3 is 2.73 bits per heavy atom. The number of hydrogen-bond donors (Lipinski definition) is 1. The van der Waals surface area contributed by atoms with Crippen LogP contribution in [0.5, 0.6) is 5.75 Å². The van der Waals surface area contributed by atoms with E-state index in [9.17, 15) is 10.1 Å². The number of nitrogens with one attached hydrogen (secondary N) is 1. The van der Waals surface area contributed by atoms with Crippen molar-refractivity contribution in [2.24, 2.45) is 0 Å². The zero-order chi connectivity index (χ0) is 23.6. The Kier molecular flexibility index (Phi) is 9.40.